The third kappa shape index (κ3) is 3.15. The van der Waals surface area contributed by atoms with E-state index in [0.717, 1.165) is 0 Å². The Labute approximate surface area is 103 Å². The van der Waals surface area contributed by atoms with Crippen LogP contribution in [-0.2, 0) is 10.9 Å². The first-order valence-corrected chi connectivity index (χ1v) is 4.91. The van der Waals surface area contributed by atoms with E-state index in [1.54, 1.807) is 0 Å². The summed E-state index contributed by atoms with van der Waals surface area (Å²) in [4.78, 5) is 13.9. The van der Waals surface area contributed by atoms with Gasteiger partial charge >= 0.3 is 12.1 Å². The highest BCUT2D eigenvalue weighted by molar-refractivity contribution is 5.93. The molecule has 106 valence electrons. The first kappa shape index (κ1) is 15.3. The predicted octanol–water partition coefficient (Wildman–Crippen LogP) is 3.35. The molecule has 1 aromatic heterocycles. The molecule has 0 fully saturated rings. The summed E-state index contributed by atoms with van der Waals surface area (Å²) in [6.45, 7) is 0.924. The first-order chi connectivity index (χ1) is 8.70. The lowest BCUT2D eigenvalue weighted by Gasteiger charge is -2.15. The fourth-order valence-electron chi connectivity index (χ4n) is 1.34. The molecule has 9 heteroatoms. The Morgan fingerprint density at radius 3 is 2.42 bits per heavy atom. The molecule has 0 unspecified atom stereocenters. The second kappa shape index (κ2) is 5.45. The van der Waals surface area contributed by atoms with E-state index >= 15 is 0 Å². The maximum Gasteiger partial charge on any atom is 0.418 e. The van der Waals surface area contributed by atoms with E-state index in [2.05, 4.69) is 9.72 Å². The van der Waals surface area contributed by atoms with E-state index in [0.29, 0.717) is 0 Å². The molecular weight excluding hydrogens is 280 g/mol. The summed E-state index contributed by atoms with van der Waals surface area (Å²) in [7, 11) is 0. The number of pyridine rings is 1. The van der Waals surface area contributed by atoms with Crippen molar-refractivity contribution in [1.82, 2.24) is 4.98 Å². The molecule has 0 aliphatic rings. The van der Waals surface area contributed by atoms with Gasteiger partial charge in [-0.15, -0.1) is 0 Å². The molecule has 0 aromatic carbocycles. The molecule has 0 amide bonds. The van der Waals surface area contributed by atoms with Crippen molar-refractivity contribution in [2.75, 3.05) is 6.61 Å². The fraction of sp³-hybridized carbons (Fsp3) is 0.400. The topological polar surface area (TPSA) is 39.2 Å². The Morgan fingerprint density at radius 1 is 1.42 bits per heavy atom. The van der Waals surface area contributed by atoms with Crippen LogP contribution in [0.5, 0.6) is 0 Å². The van der Waals surface area contributed by atoms with E-state index in [9.17, 15) is 31.1 Å². The van der Waals surface area contributed by atoms with Crippen LogP contribution in [0.1, 0.15) is 34.8 Å². The normalized spacial score (nSPS) is 11.8. The van der Waals surface area contributed by atoms with Gasteiger partial charge in [0.05, 0.1) is 23.3 Å². The number of hydrogen-bond acceptors (Lipinski definition) is 3. The van der Waals surface area contributed by atoms with Crippen LogP contribution < -0.4 is 0 Å². The monoisotopic (exact) mass is 287 g/mol. The molecule has 19 heavy (non-hydrogen) atoms. The average molecular weight is 287 g/mol. The summed E-state index contributed by atoms with van der Waals surface area (Å²) < 4.78 is 80.4. The molecule has 0 N–H and O–H groups in total. The molecule has 0 saturated heterocycles. The van der Waals surface area contributed by atoms with Gasteiger partial charge in [-0.05, 0) is 6.92 Å². The van der Waals surface area contributed by atoms with Crippen LogP contribution in [0.25, 0.3) is 0 Å². The third-order valence-corrected chi connectivity index (χ3v) is 2.07. The van der Waals surface area contributed by atoms with Crippen molar-refractivity contribution < 1.29 is 35.9 Å². The number of hydrogen-bond donors (Lipinski definition) is 0. The molecule has 1 rings (SSSR count). The van der Waals surface area contributed by atoms with Gasteiger partial charge in [-0.25, -0.2) is 18.6 Å². The molecule has 0 aliphatic heterocycles. The van der Waals surface area contributed by atoms with E-state index in [1.165, 1.54) is 6.92 Å². The van der Waals surface area contributed by atoms with Gasteiger partial charge in [-0.2, -0.15) is 17.6 Å². The molecule has 0 radical (unpaired) electrons. The van der Waals surface area contributed by atoms with Crippen LogP contribution in [0, 0.1) is 5.95 Å². The molecule has 1 heterocycles. The van der Waals surface area contributed by atoms with Gasteiger partial charge in [0, 0.05) is 6.20 Å². The quantitative estimate of drug-likeness (QED) is 0.486. The number of rotatable bonds is 3. The van der Waals surface area contributed by atoms with Crippen LogP contribution in [0.15, 0.2) is 6.20 Å². The van der Waals surface area contributed by atoms with Crippen LogP contribution in [0.2, 0.25) is 0 Å². The zero-order chi connectivity index (χ0) is 14.8. The number of esters is 1. The van der Waals surface area contributed by atoms with Gasteiger partial charge in [0.1, 0.15) is 0 Å². The number of alkyl halides is 5. The summed E-state index contributed by atoms with van der Waals surface area (Å²) in [5.74, 6) is -3.52. The number of ether oxygens (including phenoxy) is 1. The minimum Gasteiger partial charge on any atom is -0.462 e. The molecule has 0 spiro atoms. The minimum absolute atomic E-state index is 0.0204. The lowest BCUT2D eigenvalue weighted by atomic mass is 10.0. The Morgan fingerprint density at radius 2 is 2.00 bits per heavy atom. The fourth-order valence-corrected chi connectivity index (χ4v) is 1.34. The van der Waals surface area contributed by atoms with Crippen LogP contribution in [0.3, 0.4) is 0 Å². The molecule has 0 saturated carbocycles. The molecule has 1 aromatic rings. The molecule has 3 nitrogen and oxygen atoms in total. The summed E-state index contributed by atoms with van der Waals surface area (Å²) in [6.07, 6.45) is -8.78. The van der Waals surface area contributed by atoms with Crippen molar-refractivity contribution in [2.24, 2.45) is 0 Å². The van der Waals surface area contributed by atoms with E-state index < -0.39 is 41.2 Å². The predicted molar refractivity (Wildman–Crippen MR) is 50.1 cm³/mol. The second-order valence-corrected chi connectivity index (χ2v) is 3.27. The maximum absolute atomic E-state index is 13.1. The van der Waals surface area contributed by atoms with Crippen molar-refractivity contribution >= 4 is 5.97 Å². The maximum atomic E-state index is 13.1. The van der Waals surface area contributed by atoms with Crippen molar-refractivity contribution in [1.29, 1.82) is 0 Å². The smallest absolute Gasteiger partial charge is 0.418 e. The van der Waals surface area contributed by atoms with Gasteiger partial charge < -0.3 is 4.74 Å². The zero-order valence-electron chi connectivity index (χ0n) is 9.39. The van der Waals surface area contributed by atoms with Crippen molar-refractivity contribution in [3.05, 3.63) is 28.8 Å². The minimum atomic E-state index is -5.13. The van der Waals surface area contributed by atoms with Crippen LogP contribution in [-0.4, -0.2) is 17.6 Å². The largest absolute Gasteiger partial charge is 0.462 e. The Kier molecular flexibility index (Phi) is 4.38. The zero-order valence-corrected chi connectivity index (χ0v) is 9.39. The summed E-state index contributed by atoms with van der Waals surface area (Å²) in [6, 6.07) is 0. The molecular formula is C10H7F6NO2. The lowest BCUT2D eigenvalue weighted by molar-refractivity contribution is -0.138. The molecule has 0 aliphatic carbocycles. The number of carbonyl (C=O) groups is 1. The number of nitrogens with zero attached hydrogens (tertiary/aromatic N) is 1. The summed E-state index contributed by atoms with van der Waals surface area (Å²) in [5.41, 5.74) is -5.02. The van der Waals surface area contributed by atoms with Gasteiger partial charge in [0.2, 0.25) is 5.95 Å². The van der Waals surface area contributed by atoms with Gasteiger partial charge in [0.25, 0.3) is 6.43 Å². The summed E-state index contributed by atoms with van der Waals surface area (Å²) >= 11 is 0. The number of halogens is 6. The average Bonchev–Trinajstić information content (AvgIpc) is 2.26. The van der Waals surface area contributed by atoms with Gasteiger partial charge in [-0.3, -0.25) is 0 Å². The SMILES string of the molecule is CCOC(=O)c1c(C(F)(F)F)cnc(F)c1C(F)F. The standard InChI is InChI=1S/C10H7F6NO2/c1-2-19-9(18)5-4(10(14,15)16)3-17-8(13)6(5)7(11)12/h3,7H,2H2,1H3. The van der Waals surface area contributed by atoms with Crippen molar-refractivity contribution in [3.63, 3.8) is 0 Å². The van der Waals surface area contributed by atoms with E-state index in [1.807, 2.05) is 0 Å². The highest BCUT2D eigenvalue weighted by Crippen LogP contribution is 2.36. The Balaban J connectivity index is 3.59. The van der Waals surface area contributed by atoms with Crippen LogP contribution >= 0.6 is 0 Å². The van der Waals surface area contributed by atoms with Crippen LogP contribution in [0.4, 0.5) is 26.3 Å². The molecule has 0 atom stereocenters. The summed E-state index contributed by atoms with van der Waals surface area (Å²) in [5, 5.41) is 0. The lowest BCUT2D eigenvalue weighted by Crippen LogP contribution is -2.20. The van der Waals surface area contributed by atoms with E-state index in [4.69, 9.17) is 0 Å². The second-order valence-electron chi connectivity index (χ2n) is 3.27. The highest BCUT2D eigenvalue weighted by atomic mass is 19.4. The van der Waals surface area contributed by atoms with Crippen molar-refractivity contribution in [3.8, 4) is 0 Å². The van der Waals surface area contributed by atoms with Gasteiger partial charge in [-0.1, -0.05) is 0 Å². The number of carbonyl (C=O) groups excluding carboxylic acids is 1. The van der Waals surface area contributed by atoms with E-state index in [-0.39, 0.29) is 12.8 Å². The highest BCUT2D eigenvalue weighted by Gasteiger charge is 2.40. The Hall–Kier alpha value is -1.80. The third-order valence-electron chi connectivity index (χ3n) is 2.07. The number of aromatic nitrogens is 1. The Bertz CT molecular complexity index is 486. The van der Waals surface area contributed by atoms with Crippen molar-refractivity contribution in [2.45, 2.75) is 19.5 Å². The molecule has 0 bridgehead atoms. The van der Waals surface area contributed by atoms with Gasteiger partial charge in [0.15, 0.2) is 0 Å². The first-order valence-electron chi connectivity index (χ1n) is 4.91.